The second-order valence-corrected chi connectivity index (χ2v) is 2.79. The smallest absolute Gasteiger partial charge is 0.180 e. The van der Waals surface area contributed by atoms with Crippen LogP contribution in [-0.2, 0) is 13.1 Å². The van der Waals surface area contributed by atoms with Gasteiger partial charge in [-0.1, -0.05) is 0 Å². The first-order valence-corrected chi connectivity index (χ1v) is 4.30. The number of hydrogen-bond donors (Lipinski definition) is 1. The third-order valence-corrected chi connectivity index (χ3v) is 1.72. The van der Waals surface area contributed by atoms with Crippen LogP contribution in [0.4, 0.5) is 0 Å². The van der Waals surface area contributed by atoms with Gasteiger partial charge in [-0.3, -0.25) is 0 Å². The summed E-state index contributed by atoms with van der Waals surface area (Å²) in [5.74, 6) is 0.814. The van der Waals surface area contributed by atoms with Gasteiger partial charge in [0, 0.05) is 12.7 Å². The second kappa shape index (κ2) is 4.48. The van der Waals surface area contributed by atoms with Gasteiger partial charge in [-0.15, -0.1) is 0 Å². The van der Waals surface area contributed by atoms with E-state index in [-0.39, 0.29) is 0 Å². The predicted molar refractivity (Wildman–Crippen MR) is 49.1 cm³/mol. The summed E-state index contributed by atoms with van der Waals surface area (Å²) in [6.45, 7) is 1.32. The maximum absolute atomic E-state index is 5.06. The zero-order chi connectivity index (χ0) is 9.64. The number of hydrogen-bond acceptors (Lipinski definition) is 5. The molecule has 0 aliphatic heterocycles. The van der Waals surface area contributed by atoms with Crippen molar-refractivity contribution in [2.45, 2.75) is 13.1 Å². The highest BCUT2D eigenvalue weighted by Gasteiger charge is 1.96. The molecule has 0 saturated carbocycles. The van der Waals surface area contributed by atoms with Crippen molar-refractivity contribution in [1.82, 2.24) is 20.5 Å². The van der Waals surface area contributed by atoms with Crippen LogP contribution < -0.4 is 5.32 Å². The highest BCUT2D eigenvalue weighted by atomic mass is 16.3. The Kier molecular flexibility index (Phi) is 2.82. The number of oxazole rings is 1. The van der Waals surface area contributed by atoms with Crippen LogP contribution in [0, 0.1) is 0 Å². The third-order valence-electron chi connectivity index (χ3n) is 1.72. The average Bonchev–Trinajstić information content (AvgIpc) is 2.72. The van der Waals surface area contributed by atoms with Crippen molar-refractivity contribution in [2.24, 2.45) is 0 Å². The topological polar surface area (TPSA) is 63.8 Å². The minimum atomic E-state index is 0.649. The van der Waals surface area contributed by atoms with Crippen LogP contribution in [0.1, 0.15) is 11.5 Å². The zero-order valence-electron chi connectivity index (χ0n) is 7.55. The zero-order valence-corrected chi connectivity index (χ0v) is 7.55. The summed E-state index contributed by atoms with van der Waals surface area (Å²) in [6, 6.07) is 3.78. The van der Waals surface area contributed by atoms with Crippen LogP contribution in [-0.4, -0.2) is 15.2 Å². The number of rotatable bonds is 4. The summed E-state index contributed by atoms with van der Waals surface area (Å²) in [6.07, 6.45) is 4.75. The normalized spacial score (nSPS) is 10.3. The van der Waals surface area contributed by atoms with E-state index in [1.54, 1.807) is 12.4 Å². The van der Waals surface area contributed by atoms with Gasteiger partial charge in [-0.25, -0.2) is 4.98 Å². The van der Waals surface area contributed by atoms with Crippen LogP contribution in [0.2, 0.25) is 0 Å². The van der Waals surface area contributed by atoms with Crippen LogP contribution in [0.5, 0.6) is 0 Å². The Morgan fingerprint density at radius 3 is 3.07 bits per heavy atom. The fourth-order valence-electron chi connectivity index (χ4n) is 1.07. The first-order chi connectivity index (χ1) is 6.95. The largest absolute Gasteiger partial charge is 0.447 e. The van der Waals surface area contributed by atoms with Crippen LogP contribution in [0.25, 0.3) is 0 Å². The van der Waals surface area contributed by atoms with Crippen LogP contribution in [0.15, 0.2) is 35.3 Å². The van der Waals surface area contributed by atoms with Crippen molar-refractivity contribution in [3.8, 4) is 0 Å². The summed E-state index contributed by atoms with van der Waals surface area (Å²) in [5, 5.41) is 10.9. The molecule has 0 amide bonds. The Balaban J connectivity index is 1.79. The number of aromatic nitrogens is 3. The molecular formula is C9H10N4O. The Bertz CT molecular complexity index is 360. The number of nitrogens with zero attached hydrogens (tertiary/aromatic N) is 3. The minimum Gasteiger partial charge on any atom is -0.447 e. The molecule has 5 heteroatoms. The lowest BCUT2D eigenvalue weighted by Crippen LogP contribution is -2.13. The van der Waals surface area contributed by atoms with Gasteiger partial charge in [0.1, 0.15) is 5.76 Å². The molecule has 0 spiro atoms. The van der Waals surface area contributed by atoms with E-state index < -0.39 is 0 Å². The van der Waals surface area contributed by atoms with Gasteiger partial charge >= 0.3 is 0 Å². The van der Waals surface area contributed by atoms with E-state index in [1.165, 1.54) is 6.39 Å². The predicted octanol–water partition coefficient (Wildman–Crippen LogP) is 0.754. The van der Waals surface area contributed by atoms with Crippen LogP contribution in [0.3, 0.4) is 0 Å². The molecule has 0 fully saturated rings. The SMILES string of the molecule is c1cnnc(CNCc2cnco2)c1. The average molecular weight is 190 g/mol. The molecule has 0 aliphatic carbocycles. The van der Waals surface area contributed by atoms with E-state index in [0.717, 1.165) is 11.5 Å². The molecule has 0 unspecified atom stereocenters. The van der Waals surface area contributed by atoms with E-state index in [1.807, 2.05) is 12.1 Å². The van der Waals surface area contributed by atoms with Crippen molar-refractivity contribution in [2.75, 3.05) is 0 Å². The molecule has 0 aromatic carbocycles. The Morgan fingerprint density at radius 2 is 2.36 bits per heavy atom. The van der Waals surface area contributed by atoms with E-state index in [4.69, 9.17) is 4.42 Å². The van der Waals surface area contributed by atoms with Crippen molar-refractivity contribution >= 4 is 0 Å². The molecule has 0 aliphatic rings. The summed E-state index contributed by atoms with van der Waals surface area (Å²) >= 11 is 0. The van der Waals surface area contributed by atoms with Gasteiger partial charge in [-0.2, -0.15) is 10.2 Å². The minimum absolute atomic E-state index is 0.649. The molecule has 14 heavy (non-hydrogen) atoms. The maximum atomic E-state index is 5.06. The van der Waals surface area contributed by atoms with Gasteiger partial charge in [0.2, 0.25) is 0 Å². The van der Waals surface area contributed by atoms with E-state index in [9.17, 15) is 0 Å². The standard InChI is InChI=1S/C9H10N4O/c1-2-8(13-12-3-1)4-10-5-9-6-11-7-14-9/h1-3,6-7,10H,4-5H2. The highest BCUT2D eigenvalue weighted by Crippen LogP contribution is 1.96. The Hall–Kier alpha value is -1.75. The van der Waals surface area contributed by atoms with Gasteiger partial charge in [0.05, 0.1) is 18.4 Å². The lowest BCUT2D eigenvalue weighted by molar-refractivity contribution is 0.477. The first kappa shape index (κ1) is 8.83. The van der Waals surface area contributed by atoms with E-state index >= 15 is 0 Å². The summed E-state index contributed by atoms with van der Waals surface area (Å²) in [5.41, 5.74) is 0.909. The molecule has 0 atom stereocenters. The molecule has 0 radical (unpaired) electrons. The quantitative estimate of drug-likeness (QED) is 0.770. The fourth-order valence-corrected chi connectivity index (χ4v) is 1.07. The van der Waals surface area contributed by atoms with Gasteiger partial charge in [0.25, 0.3) is 0 Å². The first-order valence-electron chi connectivity index (χ1n) is 4.30. The molecule has 5 nitrogen and oxygen atoms in total. The van der Waals surface area contributed by atoms with Crippen molar-refractivity contribution < 1.29 is 4.42 Å². The lowest BCUT2D eigenvalue weighted by Gasteiger charge is -1.99. The molecule has 2 aromatic rings. The summed E-state index contributed by atoms with van der Waals surface area (Å²) in [4.78, 5) is 3.81. The van der Waals surface area contributed by atoms with Gasteiger partial charge in [-0.05, 0) is 12.1 Å². The monoisotopic (exact) mass is 190 g/mol. The van der Waals surface area contributed by atoms with E-state index in [0.29, 0.717) is 13.1 Å². The van der Waals surface area contributed by atoms with Crippen molar-refractivity contribution in [3.63, 3.8) is 0 Å². The van der Waals surface area contributed by atoms with Gasteiger partial charge in [0.15, 0.2) is 6.39 Å². The van der Waals surface area contributed by atoms with Gasteiger partial charge < -0.3 is 9.73 Å². The Morgan fingerprint density at radius 1 is 1.36 bits per heavy atom. The fraction of sp³-hybridized carbons (Fsp3) is 0.222. The Labute approximate surface area is 81.2 Å². The molecule has 72 valence electrons. The number of nitrogens with one attached hydrogen (secondary N) is 1. The summed E-state index contributed by atoms with van der Waals surface area (Å²) in [7, 11) is 0. The molecular weight excluding hydrogens is 180 g/mol. The van der Waals surface area contributed by atoms with Crippen LogP contribution >= 0.6 is 0 Å². The van der Waals surface area contributed by atoms with E-state index in [2.05, 4.69) is 20.5 Å². The molecule has 2 rings (SSSR count). The second-order valence-electron chi connectivity index (χ2n) is 2.79. The molecule has 1 N–H and O–H groups in total. The summed E-state index contributed by atoms with van der Waals surface area (Å²) < 4.78 is 5.06. The molecule has 2 heterocycles. The third kappa shape index (κ3) is 2.37. The lowest BCUT2D eigenvalue weighted by atomic mass is 10.4. The molecule has 0 saturated heterocycles. The maximum Gasteiger partial charge on any atom is 0.180 e. The molecule has 0 bridgehead atoms. The highest BCUT2D eigenvalue weighted by molar-refractivity contribution is 4.98. The molecule has 2 aromatic heterocycles. The van der Waals surface area contributed by atoms with Crippen molar-refractivity contribution in [3.05, 3.63) is 42.4 Å². The van der Waals surface area contributed by atoms with Crippen molar-refractivity contribution in [1.29, 1.82) is 0 Å².